The van der Waals surface area contributed by atoms with Gasteiger partial charge in [-0.05, 0) is 38.3 Å². The monoisotopic (exact) mass is 450 g/mol. The van der Waals surface area contributed by atoms with E-state index in [4.69, 9.17) is 0 Å². The number of hydrogen-bond donors (Lipinski definition) is 2. The van der Waals surface area contributed by atoms with Crippen LogP contribution in [0.1, 0.15) is 52.6 Å². The maximum atomic E-state index is 13.9. The summed E-state index contributed by atoms with van der Waals surface area (Å²) >= 11 is 0. The highest BCUT2D eigenvalue weighted by molar-refractivity contribution is 5.99. The average molecular weight is 450 g/mol. The molecular weight excluding hydrogens is 429 g/mol. The van der Waals surface area contributed by atoms with Crippen molar-refractivity contribution in [1.29, 1.82) is 0 Å². The summed E-state index contributed by atoms with van der Waals surface area (Å²) in [5.74, 6) is -6.22. The van der Waals surface area contributed by atoms with E-state index in [9.17, 15) is 32.7 Å². The number of halogens is 3. The lowest BCUT2D eigenvalue weighted by Gasteiger charge is -2.48. The van der Waals surface area contributed by atoms with Gasteiger partial charge in [-0.2, -0.15) is 0 Å². The highest BCUT2D eigenvalue weighted by Gasteiger charge is 2.40. The molecular formula is C21H21F3N4O4. The zero-order chi connectivity index (χ0) is 23.2. The van der Waals surface area contributed by atoms with E-state index < -0.39 is 58.1 Å². The minimum absolute atomic E-state index is 0.242. The topological polar surface area (TPSA) is 94.9 Å². The number of rotatable bonds is 4. The smallest absolute Gasteiger partial charge is 0.278 e. The molecule has 1 saturated heterocycles. The number of amides is 2. The Labute approximate surface area is 180 Å². The number of piperidine rings is 1. The van der Waals surface area contributed by atoms with Crippen LogP contribution in [0.2, 0.25) is 0 Å². The lowest BCUT2D eigenvalue weighted by molar-refractivity contribution is 0.0534. The van der Waals surface area contributed by atoms with Gasteiger partial charge in [-0.25, -0.2) is 13.2 Å². The first kappa shape index (κ1) is 21.7. The molecule has 1 aromatic heterocycles. The van der Waals surface area contributed by atoms with Crippen LogP contribution in [0.15, 0.2) is 23.1 Å². The summed E-state index contributed by atoms with van der Waals surface area (Å²) < 4.78 is 42.4. The van der Waals surface area contributed by atoms with Crippen LogP contribution in [0, 0.1) is 17.5 Å². The van der Waals surface area contributed by atoms with E-state index in [1.807, 2.05) is 0 Å². The van der Waals surface area contributed by atoms with Crippen LogP contribution in [0.25, 0.3) is 0 Å². The van der Waals surface area contributed by atoms with Crippen molar-refractivity contribution in [2.75, 3.05) is 18.1 Å². The van der Waals surface area contributed by atoms with Crippen LogP contribution in [-0.4, -0.2) is 45.8 Å². The normalized spacial score (nSPS) is 17.8. The van der Waals surface area contributed by atoms with Gasteiger partial charge in [0.05, 0.1) is 0 Å². The van der Waals surface area contributed by atoms with Crippen molar-refractivity contribution in [3.63, 3.8) is 0 Å². The van der Waals surface area contributed by atoms with E-state index >= 15 is 0 Å². The van der Waals surface area contributed by atoms with Crippen LogP contribution in [0.4, 0.5) is 13.2 Å². The second-order valence-electron chi connectivity index (χ2n) is 7.65. The molecule has 2 amide bonds. The quantitative estimate of drug-likeness (QED) is 0.694. The number of carbonyl (C=O) groups is 2. The van der Waals surface area contributed by atoms with E-state index in [0.717, 1.165) is 25.1 Å². The summed E-state index contributed by atoms with van der Waals surface area (Å²) in [7, 11) is 0. The molecule has 4 rings (SSSR count). The number of hydrogen-bond acceptors (Lipinski definition) is 5. The van der Waals surface area contributed by atoms with Crippen LogP contribution in [-0.2, 0) is 6.54 Å². The fourth-order valence-corrected chi connectivity index (χ4v) is 4.24. The Morgan fingerprint density at radius 2 is 1.91 bits per heavy atom. The highest BCUT2D eigenvalue weighted by atomic mass is 19.2. The number of fused-ring (bicyclic) bond motifs is 3. The minimum atomic E-state index is -1.45. The number of carbonyl (C=O) groups excluding carboxylic acids is 2. The lowest BCUT2D eigenvalue weighted by Crippen LogP contribution is -2.63. The van der Waals surface area contributed by atoms with Crippen molar-refractivity contribution < 1.29 is 27.9 Å². The molecule has 170 valence electrons. The minimum Gasteiger partial charge on any atom is -0.502 e. The molecule has 0 saturated carbocycles. The molecule has 0 aliphatic carbocycles. The fourth-order valence-electron chi connectivity index (χ4n) is 4.24. The third kappa shape index (κ3) is 3.37. The van der Waals surface area contributed by atoms with Crippen molar-refractivity contribution in [3.05, 3.63) is 62.8 Å². The molecule has 0 spiro atoms. The molecule has 1 fully saturated rings. The van der Waals surface area contributed by atoms with Gasteiger partial charge in [0, 0.05) is 31.4 Å². The molecule has 1 aromatic carbocycles. The lowest BCUT2D eigenvalue weighted by atomic mass is 10.1. The van der Waals surface area contributed by atoms with Crippen molar-refractivity contribution in [2.24, 2.45) is 0 Å². The van der Waals surface area contributed by atoms with Crippen molar-refractivity contribution in [3.8, 4) is 5.75 Å². The Balaban J connectivity index is 1.71. The van der Waals surface area contributed by atoms with Gasteiger partial charge in [-0.1, -0.05) is 0 Å². The molecule has 8 nitrogen and oxygen atoms in total. The molecule has 1 atom stereocenters. The number of nitrogens with zero attached hydrogens (tertiary/aromatic N) is 3. The molecule has 2 aromatic rings. The number of aromatic nitrogens is 1. The second-order valence-corrected chi connectivity index (χ2v) is 7.65. The maximum Gasteiger partial charge on any atom is 0.278 e. The van der Waals surface area contributed by atoms with E-state index in [2.05, 4.69) is 5.32 Å². The van der Waals surface area contributed by atoms with Crippen LogP contribution < -0.4 is 15.8 Å². The fraction of sp³-hybridized carbons (Fsp3) is 0.381. The Kier molecular flexibility index (Phi) is 5.57. The molecule has 2 aliphatic rings. The van der Waals surface area contributed by atoms with E-state index in [0.29, 0.717) is 25.6 Å². The van der Waals surface area contributed by atoms with Crippen molar-refractivity contribution in [2.45, 2.75) is 38.9 Å². The Morgan fingerprint density at radius 3 is 2.62 bits per heavy atom. The largest absolute Gasteiger partial charge is 0.502 e. The van der Waals surface area contributed by atoms with Gasteiger partial charge in [-0.15, -0.1) is 0 Å². The van der Waals surface area contributed by atoms with Gasteiger partial charge in [0.2, 0.25) is 5.43 Å². The van der Waals surface area contributed by atoms with E-state index in [1.54, 1.807) is 16.8 Å². The first-order chi connectivity index (χ1) is 15.3. The standard InChI is InChI=1S/C21H21F3N4O4/c1-2-26-15-5-3-4-8-27(15)28-10-12(18(29)19(30)17(28)21(26)32)20(31)25-9-11-13(22)6-7-14(23)16(11)24/h6-7,10,15,30H,2-5,8-9H2,1H3,(H,25,31)/t15-/m0/s1. The summed E-state index contributed by atoms with van der Waals surface area (Å²) in [5.41, 5.74) is -2.54. The Bertz CT molecular complexity index is 1170. The third-order valence-electron chi connectivity index (χ3n) is 5.86. The first-order valence-corrected chi connectivity index (χ1v) is 10.2. The molecule has 11 heteroatoms. The van der Waals surface area contributed by atoms with Crippen molar-refractivity contribution in [1.82, 2.24) is 14.9 Å². The Morgan fingerprint density at radius 1 is 1.19 bits per heavy atom. The third-order valence-corrected chi connectivity index (χ3v) is 5.86. The predicted octanol–water partition coefficient (Wildman–Crippen LogP) is 1.82. The van der Waals surface area contributed by atoms with Crippen LogP contribution in [0.5, 0.6) is 5.75 Å². The zero-order valence-electron chi connectivity index (χ0n) is 17.2. The first-order valence-electron chi connectivity index (χ1n) is 10.2. The van der Waals surface area contributed by atoms with Gasteiger partial charge in [0.25, 0.3) is 11.8 Å². The van der Waals surface area contributed by atoms with E-state index in [-0.39, 0.29) is 11.9 Å². The average Bonchev–Trinajstić information content (AvgIpc) is 2.78. The van der Waals surface area contributed by atoms with Gasteiger partial charge in [-0.3, -0.25) is 24.1 Å². The summed E-state index contributed by atoms with van der Waals surface area (Å²) in [6.07, 6.45) is 3.25. The highest BCUT2D eigenvalue weighted by Crippen LogP contribution is 2.29. The number of nitrogens with one attached hydrogen (secondary N) is 1. The molecule has 32 heavy (non-hydrogen) atoms. The molecule has 2 aliphatic heterocycles. The maximum absolute atomic E-state index is 13.9. The Hall–Kier alpha value is -3.50. The van der Waals surface area contributed by atoms with Gasteiger partial charge < -0.3 is 15.3 Å². The molecule has 3 heterocycles. The van der Waals surface area contributed by atoms with E-state index in [1.165, 1.54) is 4.68 Å². The van der Waals surface area contributed by atoms with Gasteiger partial charge in [0.1, 0.15) is 17.5 Å². The number of aromatic hydroxyl groups is 1. The van der Waals surface area contributed by atoms with Gasteiger partial charge in [0.15, 0.2) is 23.1 Å². The summed E-state index contributed by atoms with van der Waals surface area (Å²) in [5, 5.41) is 14.5. The molecule has 0 unspecified atom stereocenters. The number of pyridine rings is 1. The number of benzene rings is 1. The summed E-state index contributed by atoms with van der Waals surface area (Å²) in [6, 6.07) is 1.34. The predicted molar refractivity (Wildman–Crippen MR) is 107 cm³/mol. The van der Waals surface area contributed by atoms with Gasteiger partial charge >= 0.3 is 0 Å². The SMILES string of the molecule is CCN1C(=O)c2c(O)c(=O)c(C(=O)NCc3c(F)ccc(F)c3F)cn2N2CCCC[C@@H]12. The molecule has 0 bridgehead atoms. The zero-order valence-corrected chi connectivity index (χ0v) is 17.2. The molecule has 2 N–H and O–H groups in total. The molecule has 0 radical (unpaired) electrons. The van der Waals surface area contributed by atoms with Crippen LogP contribution in [0.3, 0.4) is 0 Å². The van der Waals surface area contributed by atoms with Crippen LogP contribution >= 0.6 is 0 Å². The summed E-state index contributed by atoms with van der Waals surface area (Å²) in [4.78, 5) is 39.8. The second kappa shape index (κ2) is 8.21. The van der Waals surface area contributed by atoms with Crippen molar-refractivity contribution >= 4 is 11.8 Å². The summed E-state index contributed by atoms with van der Waals surface area (Å²) in [6.45, 7) is 1.98.